The topological polar surface area (TPSA) is 54.5 Å². The van der Waals surface area contributed by atoms with Crippen molar-refractivity contribution in [3.63, 3.8) is 0 Å². The summed E-state index contributed by atoms with van der Waals surface area (Å²) in [6.45, 7) is 6.29. The molecule has 1 aliphatic rings. The number of anilines is 1. The van der Waals surface area contributed by atoms with E-state index in [0.717, 1.165) is 48.8 Å². The Kier molecular flexibility index (Phi) is 9.61. The second kappa shape index (κ2) is 12.9. The molecule has 1 fully saturated rings. The Morgan fingerprint density at radius 1 is 1.18 bits per heavy atom. The predicted octanol–water partition coefficient (Wildman–Crippen LogP) is 8.29. The molecule has 208 valence electrons. The van der Waals surface area contributed by atoms with Gasteiger partial charge in [0.2, 0.25) is 0 Å². The molecule has 1 atom stereocenters. The number of carbonyl (C=O) groups is 1. The maximum Gasteiger partial charge on any atom is 0.573 e. The van der Waals surface area contributed by atoms with Crippen LogP contribution in [0.2, 0.25) is 0 Å². The summed E-state index contributed by atoms with van der Waals surface area (Å²) in [4.78, 5) is 21.1. The van der Waals surface area contributed by atoms with Gasteiger partial charge < -0.3 is 15.0 Å². The summed E-state index contributed by atoms with van der Waals surface area (Å²) in [6.07, 6.45) is 0.412. The zero-order valence-electron chi connectivity index (χ0n) is 22.0. The van der Waals surface area contributed by atoms with Gasteiger partial charge in [-0.05, 0) is 55.4 Å². The number of rotatable bonds is 9. The van der Waals surface area contributed by atoms with Crippen molar-refractivity contribution >= 4 is 40.1 Å². The average Bonchev–Trinajstić information content (AvgIpc) is 3.42. The number of likely N-dealkylation sites (tertiary alicyclic amines) is 1. The summed E-state index contributed by atoms with van der Waals surface area (Å²) in [6, 6.07) is 12.7. The van der Waals surface area contributed by atoms with Gasteiger partial charge >= 0.3 is 6.36 Å². The van der Waals surface area contributed by atoms with Gasteiger partial charge in [-0.2, -0.15) is 0 Å². The first kappa shape index (κ1) is 29.0. The van der Waals surface area contributed by atoms with Gasteiger partial charge in [0.25, 0.3) is 5.91 Å². The van der Waals surface area contributed by atoms with Gasteiger partial charge in [0.1, 0.15) is 11.4 Å². The van der Waals surface area contributed by atoms with Gasteiger partial charge in [0, 0.05) is 35.6 Å². The fourth-order valence-electron chi connectivity index (χ4n) is 4.55. The zero-order chi connectivity index (χ0) is 28.0. The van der Waals surface area contributed by atoms with Gasteiger partial charge in [-0.15, -0.1) is 24.5 Å². The average molecular weight is 576 g/mol. The molecular weight excluding hydrogens is 543 g/mol. The summed E-state index contributed by atoms with van der Waals surface area (Å²) in [7, 11) is 0. The third-order valence-corrected chi connectivity index (χ3v) is 8.54. The molecule has 1 aliphatic heterocycles. The van der Waals surface area contributed by atoms with E-state index in [-0.39, 0.29) is 11.7 Å². The summed E-state index contributed by atoms with van der Waals surface area (Å²) >= 11 is 7.18. The Morgan fingerprint density at radius 2 is 1.87 bits per heavy atom. The molecule has 1 unspecified atom stereocenters. The highest BCUT2D eigenvalue weighted by molar-refractivity contribution is 7.80. The summed E-state index contributed by atoms with van der Waals surface area (Å²) in [5.74, 6) is 0.354. The number of hydrogen-bond acceptors (Lipinski definition) is 5. The maximum absolute atomic E-state index is 13.1. The van der Waals surface area contributed by atoms with E-state index in [1.54, 1.807) is 29.6 Å². The molecular formula is C29H32F3N3O2S2. The van der Waals surface area contributed by atoms with Gasteiger partial charge in [-0.1, -0.05) is 62.8 Å². The van der Waals surface area contributed by atoms with Gasteiger partial charge in [0.15, 0.2) is 0 Å². The Bertz CT molecular complexity index is 1270. The number of amides is 1. The molecule has 0 bridgehead atoms. The highest BCUT2D eigenvalue weighted by Gasteiger charge is 2.31. The number of benzene rings is 2. The van der Waals surface area contributed by atoms with Crippen molar-refractivity contribution in [2.75, 3.05) is 18.4 Å². The van der Waals surface area contributed by atoms with Crippen LogP contribution in [-0.2, 0) is 0 Å². The lowest BCUT2D eigenvalue weighted by Crippen LogP contribution is -2.37. The van der Waals surface area contributed by atoms with Crippen molar-refractivity contribution in [3.05, 3.63) is 64.6 Å². The fourth-order valence-corrected chi connectivity index (χ4v) is 5.83. The van der Waals surface area contributed by atoms with Crippen LogP contribution in [0.15, 0.2) is 53.9 Å². The first-order valence-electron chi connectivity index (χ1n) is 13.1. The number of para-hydroxylation sites is 1. The minimum absolute atomic E-state index is 0.301. The quantitative estimate of drug-likeness (QED) is 0.260. The number of piperidine rings is 1. The van der Waals surface area contributed by atoms with Crippen LogP contribution < -0.4 is 10.1 Å². The van der Waals surface area contributed by atoms with E-state index < -0.39 is 6.36 Å². The number of thiazole rings is 1. The van der Waals surface area contributed by atoms with Gasteiger partial charge in [-0.25, -0.2) is 4.98 Å². The van der Waals surface area contributed by atoms with Crippen molar-refractivity contribution in [2.24, 2.45) is 5.92 Å². The SMILES string of the molecule is CCC(C)CCC(=S)N1CCC(c2nc(C(=O)Nc3ccccc3-c3ccc(OC(F)(F)F)cc3)cs2)CC1. The molecule has 0 radical (unpaired) electrons. The summed E-state index contributed by atoms with van der Waals surface area (Å²) in [5.41, 5.74) is 2.22. The molecule has 2 aromatic carbocycles. The fraction of sp³-hybridized carbons (Fsp3) is 0.414. The maximum atomic E-state index is 13.1. The third-order valence-electron chi connectivity index (χ3n) is 7.07. The lowest BCUT2D eigenvalue weighted by Gasteiger charge is -2.33. The number of hydrogen-bond donors (Lipinski definition) is 1. The Hall–Kier alpha value is -2.98. The van der Waals surface area contributed by atoms with E-state index >= 15 is 0 Å². The number of carbonyl (C=O) groups excluding carboxylic acids is 1. The van der Waals surface area contributed by atoms with Gasteiger partial charge in [0.05, 0.1) is 10.00 Å². The molecule has 0 saturated carbocycles. The van der Waals surface area contributed by atoms with Crippen LogP contribution >= 0.6 is 23.6 Å². The summed E-state index contributed by atoms with van der Waals surface area (Å²) in [5, 5.41) is 5.65. The molecule has 1 amide bonds. The molecule has 10 heteroatoms. The van der Waals surface area contributed by atoms with Crippen LogP contribution in [0.25, 0.3) is 11.1 Å². The van der Waals surface area contributed by atoms with E-state index in [4.69, 9.17) is 12.2 Å². The molecule has 39 heavy (non-hydrogen) atoms. The number of ether oxygens (including phenoxy) is 1. The van der Waals surface area contributed by atoms with Crippen molar-refractivity contribution < 1.29 is 22.7 Å². The van der Waals surface area contributed by atoms with E-state index in [1.807, 2.05) is 0 Å². The first-order chi connectivity index (χ1) is 18.6. The van der Waals surface area contributed by atoms with Crippen LogP contribution in [0.1, 0.15) is 67.4 Å². The molecule has 1 N–H and O–H groups in total. The van der Waals surface area contributed by atoms with E-state index in [0.29, 0.717) is 34.3 Å². The number of thiocarbonyl (C=S) groups is 1. The van der Waals surface area contributed by atoms with Gasteiger partial charge in [-0.3, -0.25) is 4.79 Å². The van der Waals surface area contributed by atoms with Crippen molar-refractivity contribution in [1.29, 1.82) is 0 Å². The minimum Gasteiger partial charge on any atom is -0.406 e. The minimum atomic E-state index is -4.75. The number of nitrogens with one attached hydrogen (secondary N) is 1. The molecule has 2 heterocycles. The number of alkyl halides is 3. The van der Waals surface area contributed by atoms with E-state index in [2.05, 4.69) is 33.8 Å². The first-order valence-corrected chi connectivity index (χ1v) is 14.4. The second-order valence-corrected chi connectivity index (χ2v) is 11.2. The van der Waals surface area contributed by atoms with E-state index in [1.165, 1.54) is 42.0 Å². The lowest BCUT2D eigenvalue weighted by molar-refractivity contribution is -0.274. The number of halogens is 3. The lowest BCUT2D eigenvalue weighted by atomic mass is 9.96. The largest absolute Gasteiger partial charge is 0.573 e. The molecule has 4 rings (SSSR count). The van der Waals surface area contributed by atoms with Crippen LogP contribution in [0, 0.1) is 5.92 Å². The smallest absolute Gasteiger partial charge is 0.406 e. The zero-order valence-corrected chi connectivity index (χ0v) is 23.6. The molecule has 0 aliphatic carbocycles. The molecule has 5 nitrogen and oxygen atoms in total. The van der Waals surface area contributed by atoms with E-state index in [9.17, 15) is 18.0 Å². The standard InChI is InChI=1S/C29H32F3N3O2S2/c1-3-19(2)8-13-26(38)35-16-14-21(15-17-35)28-34-25(18-39-28)27(36)33-24-7-5-4-6-23(24)20-9-11-22(12-10-20)37-29(30,31)32/h4-7,9-12,18-19,21H,3,8,13-17H2,1-2H3,(H,33,36). The van der Waals surface area contributed by atoms with Crippen LogP contribution in [0.4, 0.5) is 18.9 Å². The number of nitrogens with zero attached hydrogens (tertiary/aromatic N) is 2. The molecule has 1 aromatic heterocycles. The molecule has 0 spiro atoms. The highest BCUT2D eigenvalue weighted by Crippen LogP contribution is 2.33. The highest BCUT2D eigenvalue weighted by atomic mass is 32.1. The predicted molar refractivity (Wildman–Crippen MR) is 153 cm³/mol. The summed E-state index contributed by atoms with van der Waals surface area (Å²) < 4.78 is 41.4. The Labute approximate surface area is 236 Å². The van der Waals surface area contributed by atoms with Crippen LogP contribution in [-0.4, -0.2) is 40.2 Å². The van der Waals surface area contributed by atoms with Crippen LogP contribution in [0.5, 0.6) is 5.75 Å². The van der Waals surface area contributed by atoms with Crippen molar-refractivity contribution in [3.8, 4) is 16.9 Å². The van der Waals surface area contributed by atoms with Crippen molar-refractivity contribution in [2.45, 2.75) is 58.2 Å². The Balaban J connectivity index is 1.36. The molecule has 1 saturated heterocycles. The third kappa shape index (κ3) is 8.02. The number of aromatic nitrogens is 1. The second-order valence-electron chi connectivity index (χ2n) is 9.85. The van der Waals surface area contributed by atoms with Crippen molar-refractivity contribution in [1.82, 2.24) is 9.88 Å². The van der Waals surface area contributed by atoms with Crippen LogP contribution in [0.3, 0.4) is 0 Å². The molecule has 3 aromatic rings. The Morgan fingerprint density at radius 3 is 2.54 bits per heavy atom. The monoisotopic (exact) mass is 575 g/mol. The normalized spacial score (nSPS) is 15.2.